The monoisotopic (exact) mass is 280 g/mol. The molecule has 0 amide bonds. The van der Waals surface area contributed by atoms with E-state index in [0.717, 1.165) is 0 Å². The van der Waals surface area contributed by atoms with Gasteiger partial charge in [-0.25, -0.2) is 14.5 Å². The molecular weight excluding hydrogens is 268 g/mol. The highest BCUT2D eigenvalue weighted by atomic mass is 35.5. The number of aromatic nitrogens is 3. The molecule has 0 radical (unpaired) electrons. The minimum Gasteiger partial charge on any atom is -0.467 e. The van der Waals surface area contributed by atoms with Crippen molar-refractivity contribution in [3.05, 3.63) is 35.9 Å². The van der Waals surface area contributed by atoms with Crippen LogP contribution in [0.2, 0.25) is 5.02 Å². The minimum absolute atomic E-state index is 0.357. The fourth-order valence-corrected chi connectivity index (χ4v) is 1.92. The van der Waals surface area contributed by atoms with Crippen LogP contribution in [0.4, 0.5) is 5.69 Å². The molecule has 0 aliphatic heterocycles. The number of rotatable bonds is 4. The molecule has 1 unspecified atom stereocenters. The van der Waals surface area contributed by atoms with E-state index in [1.54, 1.807) is 19.1 Å². The number of ether oxygens (including phenoxy) is 1. The summed E-state index contributed by atoms with van der Waals surface area (Å²) in [6.07, 6.45) is 2.95. The van der Waals surface area contributed by atoms with Gasteiger partial charge in [-0.15, -0.1) is 0 Å². The number of carbonyl (C=O) groups excluding carboxylic acids is 1. The first-order valence-corrected chi connectivity index (χ1v) is 5.99. The molecule has 100 valence electrons. The van der Waals surface area contributed by atoms with Gasteiger partial charge in [0.05, 0.1) is 17.8 Å². The largest absolute Gasteiger partial charge is 0.467 e. The molecule has 2 aromatic rings. The molecule has 19 heavy (non-hydrogen) atoms. The normalized spacial score (nSPS) is 11.9. The van der Waals surface area contributed by atoms with Crippen LogP contribution in [0.1, 0.15) is 6.92 Å². The van der Waals surface area contributed by atoms with Crippen molar-refractivity contribution < 1.29 is 9.53 Å². The van der Waals surface area contributed by atoms with Crippen LogP contribution in [0.5, 0.6) is 0 Å². The Morgan fingerprint density at radius 1 is 1.53 bits per heavy atom. The van der Waals surface area contributed by atoms with Gasteiger partial charge in [0.1, 0.15) is 24.4 Å². The Labute approximate surface area is 115 Å². The Bertz CT molecular complexity index is 571. The summed E-state index contributed by atoms with van der Waals surface area (Å²) >= 11 is 6.17. The maximum Gasteiger partial charge on any atom is 0.327 e. The van der Waals surface area contributed by atoms with Crippen LogP contribution >= 0.6 is 11.6 Å². The van der Waals surface area contributed by atoms with Crippen LogP contribution in [0.3, 0.4) is 0 Å². The molecule has 0 saturated heterocycles. The van der Waals surface area contributed by atoms with Gasteiger partial charge in [0.25, 0.3) is 0 Å². The van der Waals surface area contributed by atoms with Gasteiger partial charge >= 0.3 is 5.97 Å². The molecule has 7 heteroatoms. The summed E-state index contributed by atoms with van der Waals surface area (Å²) < 4.78 is 6.21. The third-order valence-corrected chi connectivity index (χ3v) is 2.87. The Hall–Kier alpha value is -2.08. The van der Waals surface area contributed by atoms with Crippen molar-refractivity contribution in [2.45, 2.75) is 13.0 Å². The molecular formula is C12H13ClN4O2. The molecule has 0 spiro atoms. The summed E-state index contributed by atoms with van der Waals surface area (Å²) in [4.78, 5) is 15.3. The summed E-state index contributed by atoms with van der Waals surface area (Å²) in [5.41, 5.74) is 1.31. The van der Waals surface area contributed by atoms with Crippen molar-refractivity contribution in [2.24, 2.45) is 0 Å². The fourth-order valence-electron chi connectivity index (χ4n) is 1.66. The van der Waals surface area contributed by atoms with Crippen LogP contribution < -0.4 is 5.32 Å². The second-order valence-electron chi connectivity index (χ2n) is 3.87. The summed E-state index contributed by atoms with van der Waals surface area (Å²) in [6.45, 7) is 1.71. The Morgan fingerprint density at radius 2 is 2.32 bits per heavy atom. The lowest BCUT2D eigenvalue weighted by Gasteiger charge is -2.16. The van der Waals surface area contributed by atoms with E-state index in [2.05, 4.69) is 20.1 Å². The highest BCUT2D eigenvalue weighted by molar-refractivity contribution is 6.33. The molecule has 0 bridgehead atoms. The standard InChI is InChI=1S/C12H13ClN4O2/c1-8(12(18)19-2)16-10-5-3-4-9(13)11(10)17-7-14-6-15-17/h3-8,16H,1-2H3. The predicted molar refractivity (Wildman–Crippen MR) is 71.5 cm³/mol. The van der Waals surface area contributed by atoms with Crippen molar-refractivity contribution in [1.82, 2.24) is 14.8 Å². The molecule has 2 rings (SSSR count). The first-order chi connectivity index (χ1) is 9.13. The van der Waals surface area contributed by atoms with Gasteiger partial charge in [0.2, 0.25) is 0 Å². The van der Waals surface area contributed by atoms with Gasteiger partial charge in [0, 0.05) is 0 Å². The van der Waals surface area contributed by atoms with Gasteiger partial charge in [-0.3, -0.25) is 0 Å². The van der Waals surface area contributed by atoms with Crippen LogP contribution in [-0.4, -0.2) is 33.9 Å². The number of halogens is 1. The van der Waals surface area contributed by atoms with E-state index >= 15 is 0 Å². The van der Waals surface area contributed by atoms with E-state index in [9.17, 15) is 4.79 Å². The van der Waals surface area contributed by atoms with Crippen molar-refractivity contribution in [2.75, 3.05) is 12.4 Å². The Kier molecular flexibility index (Phi) is 4.01. The minimum atomic E-state index is -0.495. The molecule has 0 fully saturated rings. The smallest absolute Gasteiger partial charge is 0.327 e. The van der Waals surface area contributed by atoms with Crippen LogP contribution in [0.25, 0.3) is 5.69 Å². The topological polar surface area (TPSA) is 69.0 Å². The highest BCUT2D eigenvalue weighted by Crippen LogP contribution is 2.28. The first kappa shape index (κ1) is 13.4. The number of carbonyl (C=O) groups is 1. The fraction of sp³-hybridized carbons (Fsp3) is 0.250. The van der Waals surface area contributed by atoms with Crippen molar-refractivity contribution in [3.8, 4) is 5.69 Å². The zero-order valence-corrected chi connectivity index (χ0v) is 11.3. The number of benzene rings is 1. The number of nitrogens with zero attached hydrogens (tertiary/aromatic N) is 3. The summed E-state index contributed by atoms with van der Waals surface area (Å²) in [6, 6.07) is 4.84. The lowest BCUT2D eigenvalue weighted by molar-refractivity contribution is -0.141. The second kappa shape index (κ2) is 5.71. The third-order valence-electron chi connectivity index (χ3n) is 2.56. The lowest BCUT2D eigenvalue weighted by atomic mass is 10.2. The quantitative estimate of drug-likeness (QED) is 0.866. The molecule has 0 saturated carbocycles. The number of hydrogen-bond acceptors (Lipinski definition) is 5. The summed E-state index contributed by atoms with van der Waals surface area (Å²) in [5.74, 6) is -0.357. The molecule has 1 aromatic carbocycles. The van der Waals surface area contributed by atoms with E-state index < -0.39 is 6.04 Å². The van der Waals surface area contributed by atoms with E-state index in [1.807, 2.05) is 6.07 Å². The maximum absolute atomic E-state index is 11.4. The third kappa shape index (κ3) is 2.85. The molecule has 6 nitrogen and oxygen atoms in total. The Balaban J connectivity index is 2.36. The Morgan fingerprint density at radius 3 is 2.95 bits per heavy atom. The maximum atomic E-state index is 11.4. The number of anilines is 1. The van der Waals surface area contributed by atoms with Crippen LogP contribution in [-0.2, 0) is 9.53 Å². The molecule has 0 aliphatic carbocycles. The van der Waals surface area contributed by atoms with E-state index in [-0.39, 0.29) is 5.97 Å². The van der Waals surface area contributed by atoms with Crippen molar-refractivity contribution in [3.63, 3.8) is 0 Å². The summed E-state index contributed by atoms with van der Waals surface area (Å²) in [7, 11) is 1.34. The number of hydrogen-bond donors (Lipinski definition) is 1. The average molecular weight is 281 g/mol. The zero-order valence-electron chi connectivity index (χ0n) is 10.5. The second-order valence-corrected chi connectivity index (χ2v) is 4.27. The van der Waals surface area contributed by atoms with E-state index in [1.165, 1.54) is 24.4 Å². The van der Waals surface area contributed by atoms with Gasteiger partial charge < -0.3 is 10.1 Å². The van der Waals surface area contributed by atoms with Gasteiger partial charge in [-0.1, -0.05) is 17.7 Å². The van der Waals surface area contributed by atoms with Crippen molar-refractivity contribution >= 4 is 23.3 Å². The van der Waals surface area contributed by atoms with Crippen LogP contribution in [0.15, 0.2) is 30.9 Å². The van der Waals surface area contributed by atoms with Gasteiger partial charge in [-0.05, 0) is 19.1 Å². The number of esters is 1. The number of para-hydroxylation sites is 1. The zero-order chi connectivity index (χ0) is 13.8. The van der Waals surface area contributed by atoms with Crippen molar-refractivity contribution in [1.29, 1.82) is 0 Å². The van der Waals surface area contributed by atoms with Gasteiger partial charge in [-0.2, -0.15) is 5.10 Å². The highest BCUT2D eigenvalue weighted by Gasteiger charge is 2.16. The number of nitrogens with one attached hydrogen (secondary N) is 1. The molecule has 1 heterocycles. The molecule has 1 N–H and O–H groups in total. The summed E-state index contributed by atoms with van der Waals surface area (Å²) in [5, 5.41) is 7.59. The molecule has 1 aromatic heterocycles. The number of methoxy groups -OCH3 is 1. The van der Waals surface area contributed by atoms with E-state index in [0.29, 0.717) is 16.4 Å². The SMILES string of the molecule is COC(=O)C(C)Nc1cccc(Cl)c1-n1cncn1. The lowest BCUT2D eigenvalue weighted by Crippen LogP contribution is -2.27. The molecule has 1 atom stereocenters. The molecule has 0 aliphatic rings. The van der Waals surface area contributed by atoms with Gasteiger partial charge in [0.15, 0.2) is 0 Å². The average Bonchev–Trinajstić information content (AvgIpc) is 2.91. The predicted octanol–water partition coefficient (Wildman–Crippen LogP) is 1.89. The van der Waals surface area contributed by atoms with Crippen LogP contribution in [0, 0.1) is 0 Å². The van der Waals surface area contributed by atoms with E-state index in [4.69, 9.17) is 11.6 Å². The first-order valence-electron chi connectivity index (χ1n) is 5.61.